The molecule has 0 bridgehead atoms. The maximum absolute atomic E-state index is 12.3. The van der Waals surface area contributed by atoms with Gasteiger partial charge in [0.05, 0.1) is 20.1 Å². The molecular formula is C22H37N4O3+. The Bertz CT molecular complexity index is 689. The molecule has 1 aliphatic rings. The minimum absolute atomic E-state index is 0.283. The summed E-state index contributed by atoms with van der Waals surface area (Å²) in [5.74, 6) is -0.283. The predicted molar refractivity (Wildman–Crippen MR) is 116 cm³/mol. The van der Waals surface area contributed by atoms with Gasteiger partial charge >= 0.3 is 6.09 Å². The van der Waals surface area contributed by atoms with Crippen molar-refractivity contribution < 1.29 is 18.8 Å². The number of nitrogens with one attached hydrogen (secondary N) is 3. The largest absolute Gasteiger partial charge is 0.444 e. The third kappa shape index (κ3) is 7.66. The van der Waals surface area contributed by atoms with Gasteiger partial charge in [0.1, 0.15) is 18.2 Å². The Balaban J connectivity index is 1.87. The Labute approximate surface area is 174 Å². The van der Waals surface area contributed by atoms with E-state index in [9.17, 15) is 9.59 Å². The predicted octanol–water partition coefficient (Wildman–Crippen LogP) is 2.87. The van der Waals surface area contributed by atoms with E-state index in [1.807, 2.05) is 12.1 Å². The molecule has 0 saturated carbocycles. The molecule has 29 heavy (non-hydrogen) atoms. The summed E-state index contributed by atoms with van der Waals surface area (Å²) in [6.45, 7) is 10.1. The van der Waals surface area contributed by atoms with E-state index in [0.717, 1.165) is 24.1 Å². The van der Waals surface area contributed by atoms with Crippen LogP contribution in [0.4, 0.5) is 10.5 Å². The van der Waals surface area contributed by atoms with Crippen molar-refractivity contribution in [1.82, 2.24) is 10.6 Å². The zero-order chi connectivity index (χ0) is 21.7. The lowest BCUT2D eigenvalue weighted by atomic mass is 10.0. The van der Waals surface area contributed by atoms with E-state index in [2.05, 4.69) is 42.2 Å². The third-order valence-corrected chi connectivity index (χ3v) is 5.24. The number of nitrogens with zero attached hydrogens (tertiary/aromatic N) is 1. The summed E-state index contributed by atoms with van der Waals surface area (Å²) in [7, 11) is 4.57. The second kappa shape index (κ2) is 9.59. The van der Waals surface area contributed by atoms with E-state index in [-0.39, 0.29) is 5.91 Å². The number of hydrogen-bond acceptors (Lipinski definition) is 4. The number of anilines is 1. The van der Waals surface area contributed by atoms with Gasteiger partial charge in [-0.05, 0) is 39.8 Å². The summed E-state index contributed by atoms with van der Waals surface area (Å²) in [6, 6.07) is 7.91. The van der Waals surface area contributed by atoms with Crippen LogP contribution >= 0.6 is 0 Å². The smallest absolute Gasteiger partial charge is 0.408 e. The molecule has 7 nitrogen and oxygen atoms in total. The van der Waals surface area contributed by atoms with Crippen LogP contribution in [0, 0.1) is 0 Å². The van der Waals surface area contributed by atoms with Crippen molar-refractivity contribution in [1.29, 1.82) is 0 Å². The van der Waals surface area contributed by atoms with Crippen molar-refractivity contribution in [2.45, 2.75) is 64.8 Å². The molecule has 0 aromatic heterocycles. The molecule has 1 unspecified atom stereocenters. The molecule has 2 amide bonds. The highest BCUT2D eigenvalue weighted by atomic mass is 16.6. The Kier molecular flexibility index (Phi) is 7.66. The molecule has 0 spiro atoms. The first-order chi connectivity index (χ1) is 13.5. The van der Waals surface area contributed by atoms with Crippen LogP contribution < -0.4 is 16.0 Å². The second-order valence-electron chi connectivity index (χ2n) is 9.47. The van der Waals surface area contributed by atoms with Crippen LogP contribution in [0.2, 0.25) is 0 Å². The lowest BCUT2D eigenvalue weighted by molar-refractivity contribution is -0.928. The van der Waals surface area contributed by atoms with Gasteiger partial charge in [0.2, 0.25) is 5.91 Å². The van der Waals surface area contributed by atoms with Crippen LogP contribution in [-0.2, 0) is 16.1 Å². The van der Waals surface area contributed by atoms with Gasteiger partial charge in [0.25, 0.3) is 0 Å². The molecule has 1 heterocycles. The van der Waals surface area contributed by atoms with Crippen molar-refractivity contribution in [3.8, 4) is 0 Å². The number of quaternary nitrogens is 1. The van der Waals surface area contributed by atoms with Crippen molar-refractivity contribution in [2.24, 2.45) is 0 Å². The van der Waals surface area contributed by atoms with E-state index in [1.54, 1.807) is 27.7 Å². The van der Waals surface area contributed by atoms with Crippen LogP contribution in [0.25, 0.3) is 0 Å². The summed E-state index contributed by atoms with van der Waals surface area (Å²) >= 11 is 0. The van der Waals surface area contributed by atoms with Crippen molar-refractivity contribution in [3.05, 3.63) is 29.8 Å². The fraction of sp³-hybridized carbons (Fsp3) is 0.636. The monoisotopic (exact) mass is 405 g/mol. The molecule has 1 aromatic carbocycles. The minimum Gasteiger partial charge on any atom is -0.444 e. The Morgan fingerprint density at radius 3 is 2.31 bits per heavy atom. The van der Waals surface area contributed by atoms with E-state index >= 15 is 0 Å². The number of carbonyl (C=O) groups excluding carboxylic acids is 2. The maximum Gasteiger partial charge on any atom is 0.408 e. The lowest BCUT2D eigenvalue weighted by Gasteiger charge is -2.40. The number of hydrogen-bond donors (Lipinski definition) is 3. The first-order valence-corrected chi connectivity index (χ1v) is 10.4. The number of carbonyl (C=O) groups is 2. The molecule has 1 aliphatic heterocycles. The minimum atomic E-state index is -0.694. The highest BCUT2D eigenvalue weighted by Gasteiger charge is 2.29. The van der Waals surface area contributed by atoms with Gasteiger partial charge in [0, 0.05) is 37.2 Å². The quantitative estimate of drug-likeness (QED) is 0.636. The molecule has 7 heteroatoms. The van der Waals surface area contributed by atoms with Crippen LogP contribution in [-0.4, -0.2) is 61.4 Å². The van der Waals surface area contributed by atoms with E-state index in [4.69, 9.17) is 4.74 Å². The van der Waals surface area contributed by atoms with E-state index < -0.39 is 17.7 Å². The summed E-state index contributed by atoms with van der Waals surface area (Å²) in [4.78, 5) is 24.2. The fourth-order valence-corrected chi connectivity index (χ4v) is 3.60. The molecule has 2 rings (SSSR count). The lowest BCUT2D eigenvalue weighted by Crippen LogP contribution is -2.52. The van der Waals surface area contributed by atoms with E-state index in [0.29, 0.717) is 11.7 Å². The van der Waals surface area contributed by atoms with E-state index in [1.165, 1.54) is 18.4 Å². The topological polar surface area (TPSA) is 79.5 Å². The highest BCUT2D eigenvalue weighted by molar-refractivity contribution is 5.96. The molecule has 1 fully saturated rings. The third-order valence-electron chi connectivity index (χ3n) is 5.24. The molecule has 0 aliphatic carbocycles. The zero-order valence-corrected chi connectivity index (χ0v) is 18.7. The SMILES string of the molecule is CC(NC(=O)OC(C)(C)C)C(=O)Nc1ccc(C[N+](C)(C)C2CCNCC2)cc1. The van der Waals surface area contributed by atoms with Crippen molar-refractivity contribution >= 4 is 17.7 Å². The standard InChI is InChI=1S/C22H36N4O3/c1-16(24-21(28)29-22(2,3)4)20(27)25-18-9-7-17(8-10-18)15-26(5,6)19-11-13-23-14-12-19/h7-10,16,19,23H,11-15H2,1-6H3,(H-,24,25,27,28)/p+1. The normalized spacial score (nSPS) is 16.8. The average molecular weight is 406 g/mol. The van der Waals surface area contributed by atoms with Gasteiger partial charge in [-0.1, -0.05) is 12.1 Å². The Morgan fingerprint density at radius 1 is 1.17 bits per heavy atom. The van der Waals surface area contributed by atoms with Crippen LogP contribution in [0.15, 0.2) is 24.3 Å². The molecule has 1 aromatic rings. The molecule has 162 valence electrons. The van der Waals surface area contributed by atoms with Gasteiger partial charge in [-0.3, -0.25) is 4.79 Å². The summed E-state index contributed by atoms with van der Waals surface area (Å²) in [6.07, 6.45) is 1.79. The van der Waals surface area contributed by atoms with Crippen LogP contribution in [0.1, 0.15) is 46.1 Å². The highest BCUT2D eigenvalue weighted by Crippen LogP contribution is 2.21. The van der Waals surface area contributed by atoms with Crippen molar-refractivity contribution in [2.75, 3.05) is 32.5 Å². The second-order valence-corrected chi connectivity index (χ2v) is 9.47. The zero-order valence-electron chi connectivity index (χ0n) is 18.7. The molecule has 0 radical (unpaired) electrons. The Morgan fingerprint density at radius 2 is 1.76 bits per heavy atom. The van der Waals surface area contributed by atoms with Gasteiger partial charge < -0.3 is 25.2 Å². The first kappa shape index (κ1) is 23.2. The average Bonchev–Trinajstić information content (AvgIpc) is 2.62. The molecule has 1 saturated heterocycles. The molecule has 1 atom stereocenters. The number of alkyl carbamates (subject to hydrolysis) is 1. The summed E-state index contributed by atoms with van der Waals surface area (Å²) in [5, 5.41) is 8.82. The van der Waals surface area contributed by atoms with Crippen LogP contribution in [0.5, 0.6) is 0 Å². The van der Waals surface area contributed by atoms with Crippen LogP contribution in [0.3, 0.4) is 0 Å². The van der Waals surface area contributed by atoms with Gasteiger partial charge in [-0.2, -0.15) is 0 Å². The number of ether oxygens (including phenoxy) is 1. The Hall–Kier alpha value is -2.12. The number of rotatable bonds is 6. The molecular weight excluding hydrogens is 368 g/mol. The molecule has 3 N–H and O–H groups in total. The maximum atomic E-state index is 12.3. The van der Waals surface area contributed by atoms with Gasteiger partial charge in [-0.15, -0.1) is 0 Å². The summed E-state index contributed by atoms with van der Waals surface area (Å²) in [5.41, 5.74) is 1.35. The van der Waals surface area contributed by atoms with Gasteiger partial charge in [-0.25, -0.2) is 4.79 Å². The fourth-order valence-electron chi connectivity index (χ4n) is 3.60. The van der Waals surface area contributed by atoms with Gasteiger partial charge in [0.15, 0.2) is 0 Å². The van der Waals surface area contributed by atoms with Crippen molar-refractivity contribution in [3.63, 3.8) is 0 Å². The first-order valence-electron chi connectivity index (χ1n) is 10.4. The summed E-state index contributed by atoms with van der Waals surface area (Å²) < 4.78 is 6.15. The number of amides is 2. The number of benzene rings is 1. The number of piperidine rings is 1.